The summed E-state index contributed by atoms with van der Waals surface area (Å²) in [4.78, 5) is 22.5. The minimum atomic E-state index is -3.09. The Kier molecular flexibility index (Phi) is 5.59. The van der Waals surface area contributed by atoms with Gasteiger partial charge >= 0.3 is 12.0 Å². The summed E-state index contributed by atoms with van der Waals surface area (Å²) in [6, 6.07) is -2.00. The van der Waals surface area contributed by atoms with Crippen LogP contribution in [0.25, 0.3) is 0 Å². The van der Waals surface area contributed by atoms with Crippen molar-refractivity contribution in [3.05, 3.63) is 0 Å². The monoisotopic (exact) mass is 292 g/mol. The Hall–Kier alpha value is -1.31. The highest BCUT2D eigenvalue weighted by atomic mass is 32.2. The molecule has 2 atom stereocenters. The van der Waals surface area contributed by atoms with Crippen LogP contribution in [0.4, 0.5) is 4.79 Å². The topological polar surface area (TPSA) is 113 Å². The van der Waals surface area contributed by atoms with E-state index in [1.807, 2.05) is 6.92 Å². The molecule has 0 aromatic carbocycles. The van der Waals surface area contributed by atoms with Crippen molar-refractivity contribution in [2.75, 3.05) is 11.5 Å². The normalized spacial score (nSPS) is 23.3. The summed E-state index contributed by atoms with van der Waals surface area (Å²) in [6.45, 7) is 1.82. The summed E-state index contributed by atoms with van der Waals surface area (Å²) in [5.74, 6) is -1.01. The molecule has 110 valence electrons. The molecule has 19 heavy (non-hydrogen) atoms. The lowest BCUT2D eigenvalue weighted by Crippen LogP contribution is -2.51. The van der Waals surface area contributed by atoms with Crippen LogP contribution >= 0.6 is 0 Å². The van der Waals surface area contributed by atoms with Gasteiger partial charge in [-0.05, 0) is 19.3 Å². The second-order valence-electron chi connectivity index (χ2n) is 4.75. The molecule has 0 aromatic rings. The Morgan fingerprint density at radius 1 is 1.42 bits per heavy atom. The Labute approximate surface area is 112 Å². The first-order chi connectivity index (χ1) is 8.84. The predicted octanol–water partition coefficient (Wildman–Crippen LogP) is 0.116. The van der Waals surface area contributed by atoms with Crippen LogP contribution in [0.1, 0.15) is 32.6 Å². The second kappa shape index (κ2) is 6.74. The van der Waals surface area contributed by atoms with E-state index in [4.69, 9.17) is 5.11 Å². The van der Waals surface area contributed by atoms with Gasteiger partial charge in [-0.2, -0.15) is 0 Å². The molecule has 0 aromatic heterocycles. The zero-order valence-corrected chi connectivity index (χ0v) is 11.7. The number of hydrogen-bond acceptors (Lipinski definition) is 4. The zero-order valence-electron chi connectivity index (χ0n) is 10.9. The van der Waals surface area contributed by atoms with E-state index < -0.39 is 33.9 Å². The van der Waals surface area contributed by atoms with Gasteiger partial charge in [0, 0.05) is 6.04 Å². The van der Waals surface area contributed by atoms with Crippen molar-refractivity contribution in [1.82, 2.24) is 10.6 Å². The highest BCUT2D eigenvalue weighted by molar-refractivity contribution is 7.91. The molecule has 7 nitrogen and oxygen atoms in total. The van der Waals surface area contributed by atoms with Gasteiger partial charge in [-0.15, -0.1) is 0 Å². The van der Waals surface area contributed by atoms with Crippen molar-refractivity contribution in [1.29, 1.82) is 0 Å². The fourth-order valence-electron chi connectivity index (χ4n) is 2.07. The molecule has 1 fully saturated rings. The van der Waals surface area contributed by atoms with Gasteiger partial charge in [0.15, 0.2) is 9.84 Å². The lowest BCUT2D eigenvalue weighted by atomic mass is 10.1. The second-order valence-corrected chi connectivity index (χ2v) is 6.98. The Morgan fingerprint density at radius 3 is 2.63 bits per heavy atom. The van der Waals surface area contributed by atoms with Crippen LogP contribution in [-0.2, 0) is 14.6 Å². The lowest BCUT2D eigenvalue weighted by molar-refractivity contribution is -0.139. The predicted molar refractivity (Wildman–Crippen MR) is 69.7 cm³/mol. The van der Waals surface area contributed by atoms with Crippen LogP contribution in [0, 0.1) is 0 Å². The quantitative estimate of drug-likeness (QED) is 0.666. The van der Waals surface area contributed by atoms with Crippen LogP contribution in [0.15, 0.2) is 0 Å². The molecule has 2 amide bonds. The molecule has 1 aliphatic heterocycles. The molecule has 3 N–H and O–H groups in total. The van der Waals surface area contributed by atoms with Crippen LogP contribution in [0.3, 0.4) is 0 Å². The standard InChI is InChI=1S/C11H20N2O5S/c1-2-4-9(10(14)15)13-11(16)12-8-5-3-6-19(17,18)7-8/h8-9H,2-7H2,1H3,(H,14,15)(H2,12,13,16). The van der Waals surface area contributed by atoms with Gasteiger partial charge in [-0.25, -0.2) is 18.0 Å². The number of amides is 2. The summed E-state index contributed by atoms with van der Waals surface area (Å²) in [6.07, 6.45) is 2.09. The number of carboxylic acid groups (broad SMARTS) is 1. The van der Waals surface area contributed by atoms with Gasteiger partial charge in [0.25, 0.3) is 0 Å². The Balaban J connectivity index is 2.48. The molecule has 1 aliphatic rings. The van der Waals surface area contributed by atoms with E-state index in [1.54, 1.807) is 0 Å². The molecule has 1 rings (SSSR count). The molecule has 0 aliphatic carbocycles. The number of nitrogens with one attached hydrogen (secondary N) is 2. The molecule has 0 spiro atoms. The molecule has 2 unspecified atom stereocenters. The molecule has 1 saturated heterocycles. The number of sulfone groups is 1. The minimum absolute atomic E-state index is 0.0774. The van der Waals surface area contributed by atoms with Crippen molar-refractivity contribution < 1.29 is 23.1 Å². The fraction of sp³-hybridized carbons (Fsp3) is 0.818. The Morgan fingerprint density at radius 2 is 2.11 bits per heavy atom. The summed E-state index contributed by atoms with van der Waals surface area (Å²) in [7, 11) is -3.09. The average Bonchev–Trinajstić information content (AvgIpc) is 2.26. The lowest BCUT2D eigenvalue weighted by Gasteiger charge is -2.24. The molecular formula is C11H20N2O5S. The number of aliphatic carboxylic acids is 1. The number of urea groups is 1. The van der Waals surface area contributed by atoms with E-state index in [2.05, 4.69) is 10.6 Å². The molecule has 8 heteroatoms. The summed E-state index contributed by atoms with van der Waals surface area (Å²) >= 11 is 0. The van der Waals surface area contributed by atoms with Gasteiger partial charge < -0.3 is 15.7 Å². The van der Waals surface area contributed by atoms with Crippen molar-refractivity contribution in [3.8, 4) is 0 Å². The highest BCUT2D eigenvalue weighted by Crippen LogP contribution is 2.11. The van der Waals surface area contributed by atoms with E-state index in [0.717, 1.165) is 0 Å². The van der Waals surface area contributed by atoms with Crippen LogP contribution in [0.2, 0.25) is 0 Å². The van der Waals surface area contributed by atoms with Crippen LogP contribution in [-0.4, -0.2) is 49.1 Å². The number of carbonyl (C=O) groups excluding carboxylic acids is 1. The summed E-state index contributed by atoms with van der Waals surface area (Å²) in [5, 5.41) is 13.8. The maximum absolute atomic E-state index is 11.6. The summed E-state index contributed by atoms with van der Waals surface area (Å²) < 4.78 is 22.8. The van der Waals surface area contributed by atoms with E-state index in [-0.39, 0.29) is 11.5 Å². The highest BCUT2D eigenvalue weighted by Gasteiger charge is 2.27. The zero-order chi connectivity index (χ0) is 14.5. The van der Waals surface area contributed by atoms with Gasteiger partial charge in [-0.1, -0.05) is 13.3 Å². The molecular weight excluding hydrogens is 272 g/mol. The number of carboxylic acids is 1. The first-order valence-electron chi connectivity index (χ1n) is 6.34. The van der Waals surface area contributed by atoms with E-state index in [0.29, 0.717) is 25.7 Å². The smallest absolute Gasteiger partial charge is 0.326 e. The largest absolute Gasteiger partial charge is 0.480 e. The van der Waals surface area contributed by atoms with Crippen molar-refractivity contribution in [2.45, 2.75) is 44.7 Å². The maximum atomic E-state index is 11.6. The van der Waals surface area contributed by atoms with E-state index in [1.165, 1.54) is 0 Å². The SMILES string of the molecule is CCCC(NC(=O)NC1CCCS(=O)(=O)C1)C(=O)O. The molecule has 0 saturated carbocycles. The third kappa shape index (κ3) is 5.46. The first-order valence-corrected chi connectivity index (χ1v) is 8.16. The number of hydrogen-bond donors (Lipinski definition) is 3. The third-order valence-corrected chi connectivity index (χ3v) is 4.80. The molecule has 0 radical (unpaired) electrons. The first kappa shape index (κ1) is 15.7. The fourth-order valence-corrected chi connectivity index (χ4v) is 3.70. The van der Waals surface area contributed by atoms with Crippen molar-refractivity contribution >= 4 is 21.8 Å². The van der Waals surface area contributed by atoms with E-state index in [9.17, 15) is 18.0 Å². The third-order valence-electron chi connectivity index (χ3n) is 2.98. The minimum Gasteiger partial charge on any atom is -0.480 e. The van der Waals surface area contributed by atoms with Crippen molar-refractivity contribution in [3.63, 3.8) is 0 Å². The van der Waals surface area contributed by atoms with Crippen LogP contribution < -0.4 is 10.6 Å². The number of carbonyl (C=O) groups is 2. The van der Waals surface area contributed by atoms with Gasteiger partial charge in [0.05, 0.1) is 11.5 Å². The number of rotatable bonds is 5. The molecule has 0 bridgehead atoms. The maximum Gasteiger partial charge on any atom is 0.326 e. The Bertz CT molecular complexity index is 434. The van der Waals surface area contributed by atoms with Crippen molar-refractivity contribution in [2.24, 2.45) is 0 Å². The average molecular weight is 292 g/mol. The summed E-state index contributed by atoms with van der Waals surface area (Å²) in [5.41, 5.74) is 0. The van der Waals surface area contributed by atoms with Gasteiger partial charge in [0.2, 0.25) is 0 Å². The van der Waals surface area contributed by atoms with Crippen LogP contribution in [0.5, 0.6) is 0 Å². The van der Waals surface area contributed by atoms with E-state index >= 15 is 0 Å². The van der Waals surface area contributed by atoms with Gasteiger partial charge in [0.1, 0.15) is 6.04 Å². The molecule has 1 heterocycles. The van der Waals surface area contributed by atoms with Gasteiger partial charge in [-0.3, -0.25) is 0 Å².